The van der Waals surface area contributed by atoms with Gasteiger partial charge in [-0.3, -0.25) is 10.2 Å². The van der Waals surface area contributed by atoms with Gasteiger partial charge in [-0.05, 0) is 12.5 Å². The number of carbonyl (C=O) groups excluding carboxylic acids is 1. The van der Waals surface area contributed by atoms with Gasteiger partial charge in [-0.1, -0.05) is 0 Å². The molecule has 0 radical (unpaired) electrons. The van der Waals surface area contributed by atoms with Crippen molar-refractivity contribution in [3.05, 3.63) is 11.1 Å². The van der Waals surface area contributed by atoms with Gasteiger partial charge in [-0.25, -0.2) is 0 Å². The first-order chi connectivity index (χ1) is 4.63. The molecule has 0 aromatic rings. The van der Waals surface area contributed by atoms with E-state index in [2.05, 4.69) is 0 Å². The van der Waals surface area contributed by atoms with E-state index >= 15 is 0 Å². The zero-order valence-corrected chi connectivity index (χ0v) is 5.60. The summed E-state index contributed by atoms with van der Waals surface area (Å²) in [6.45, 7) is 2.04. The zero-order chi connectivity index (χ0) is 7.72. The van der Waals surface area contributed by atoms with E-state index in [1.165, 1.54) is 0 Å². The van der Waals surface area contributed by atoms with Gasteiger partial charge in [0.1, 0.15) is 12.2 Å². The van der Waals surface area contributed by atoms with Crippen LogP contribution in [-0.4, -0.2) is 18.4 Å². The van der Waals surface area contributed by atoms with Crippen molar-refractivity contribution in [2.24, 2.45) is 5.73 Å². The molecule has 10 heavy (non-hydrogen) atoms. The minimum atomic E-state index is -0.583. The van der Waals surface area contributed by atoms with Crippen LogP contribution in [0, 0.1) is 5.41 Å². The lowest BCUT2D eigenvalue weighted by Gasteiger charge is -1.93. The van der Waals surface area contributed by atoms with E-state index in [0.29, 0.717) is 6.61 Å². The van der Waals surface area contributed by atoms with Crippen LogP contribution in [0.2, 0.25) is 0 Å². The normalized spacial score (nSPS) is 17.5. The van der Waals surface area contributed by atoms with Gasteiger partial charge in [-0.15, -0.1) is 0 Å². The molecule has 0 aliphatic carbocycles. The molecular formula is C6H8N2O2. The van der Waals surface area contributed by atoms with Crippen molar-refractivity contribution >= 4 is 11.8 Å². The van der Waals surface area contributed by atoms with Crippen LogP contribution in [0.3, 0.4) is 0 Å². The Hall–Kier alpha value is -1.32. The Bertz CT molecular complexity index is 230. The van der Waals surface area contributed by atoms with Gasteiger partial charge in [0.2, 0.25) is 5.90 Å². The molecule has 1 rings (SSSR count). The van der Waals surface area contributed by atoms with Crippen molar-refractivity contribution in [1.82, 2.24) is 0 Å². The van der Waals surface area contributed by atoms with Gasteiger partial charge in [0.25, 0.3) is 5.91 Å². The van der Waals surface area contributed by atoms with E-state index < -0.39 is 5.91 Å². The predicted octanol–water partition coefficient (Wildman–Crippen LogP) is -0.204. The van der Waals surface area contributed by atoms with Crippen LogP contribution in [0.15, 0.2) is 11.1 Å². The van der Waals surface area contributed by atoms with E-state index in [-0.39, 0.29) is 11.5 Å². The average Bonchev–Trinajstić information content (AvgIpc) is 2.11. The smallest absolute Gasteiger partial charge is 0.254 e. The highest BCUT2D eigenvalue weighted by atomic mass is 16.5. The minimum Gasteiger partial charge on any atom is -0.473 e. The lowest BCUT2D eigenvalue weighted by molar-refractivity contribution is -0.114. The first kappa shape index (κ1) is 6.80. The summed E-state index contributed by atoms with van der Waals surface area (Å²) in [6.07, 6.45) is 0. The monoisotopic (exact) mass is 140 g/mol. The second-order valence-electron chi connectivity index (χ2n) is 2.14. The quantitative estimate of drug-likeness (QED) is 0.529. The van der Waals surface area contributed by atoms with Crippen molar-refractivity contribution in [1.29, 1.82) is 5.41 Å². The molecule has 4 heteroatoms. The van der Waals surface area contributed by atoms with E-state index in [4.69, 9.17) is 15.9 Å². The first-order valence-corrected chi connectivity index (χ1v) is 2.84. The highest BCUT2D eigenvalue weighted by Gasteiger charge is 2.22. The molecule has 54 valence electrons. The van der Waals surface area contributed by atoms with Crippen LogP contribution in [0.4, 0.5) is 0 Å². The van der Waals surface area contributed by atoms with E-state index in [0.717, 1.165) is 5.57 Å². The fourth-order valence-electron chi connectivity index (χ4n) is 0.841. The third-order valence-corrected chi connectivity index (χ3v) is 1.33. The lowest BCUT2D eigenvalue weighted by atomic mass is 10.1. The molecule has 0 aromatic heterocycles. The number of nitrogens with two attached hydrogens (primary N) is 1. The summed E-state index contributed by atoms with van der Waals surface area (Å²) < 4.78 is 4.75. The molecule has 0 bridgehead atoms. The van der Waals surface area contributed by atoms with Gasteiger partial charge in [0, 0.05) is 0 Å². The summed E-state index contributed by atoms with van der Waals surface area (Å²) >= 11 is 0. The third kappa shape index (κ3) is 0.877. The summed E-state index contributed by atoms with van der Waals surface area (Å²) in [4.78, 5) is 10.6. The maximum absolute atomic E-state index is 10.6. The molecule has 0 spiro atoms. The highest BCUT2D eigenvalue weighted by molar-refractivity contribution is 6.18. The fourth-order valence-corrected chi connectivity index (χ4v) is 0.841. The Morgan fingerprint density at radius 2 is 2.40 bits per heavy atom. The Morgan fingerprint density at radius 3 is 2.60 bits per heavy atom. The Labute approximate surface area is 58.2 Å². The topological polar surface area (TPSA) is 76.2 Å². The Kier molecular flexibility index (Phi) is 1.45. The van der Waals surface area contributed by atoms with Crippen molar-refractivity contribution in [2.75, 3.05) is 6.61 Å². The number of hydrogen-bond acceptors (Lipinski definition) is 3. The molecule has 1 aliphatic rings. The van der Waals surface area contributed by atoms with Gasteiger partial charge in [0.05, 0.1) is 0 Å². The molecule has 0 saturated heterocycles. The molecular weight excluding hydrogens is 132 g/mol. The third-order valence-electron chi connectivity index (χ3n) is 1.33. The van der Waals surface area contributed by atoms with Gasteiger partial charge >= 0.3 is 0 Å². The SMILES string of the molecule is CC1=C(C(N)=O)C(=N)OC1. The van der Waals surface area contributed by atoms with Crippen molar-refractivity contribution in [3.8, 4) is 0 Å². The molecule has 1 aliphatic heterocycles. The largest absolute Gasteiger partial charge is 0.473 e. The summed E-state index contributed by atoms with van der Waals surface area (Å²) in [5.41, 5.74) is 5.92. The number of nitrogens with one attached hydrogen (secondary N) is 1. The van der Waals surface area contributed by atoms with Crippen LogP contribution >= 0.6 is 0 Å². The number of rotatable bonds is 1. The average molecular weight is 140 g/mol. The van der Waals surface area contributed by atoms with Crippen molar-refractivity contribution in [2.45, 2.75) is 6.92 Å². The van der Waals surface area contributed by atoms with Crippen LogP contribution in [-0.2, 0) is 9.53 Å². The Balaban J connectivity index is 2.99. The van der Waals surface area contributed by atoms with Crippen LogP contribution in [0.25, 0.3) is 0 Å². The summed E-state index contributed by atoms with van der Waals surface area (Å²) in [7, 11) is 0. The van der Waals surface area contributed by atoms with Crippen LogP contribution < -0.4 is 5.73 Å². The van der Waals surface area contributed by atoms with Crippen LogP contribution in [0.1, 0.15) is 6.92 Å². The Morgan fingerprint density at radius 1 is 1.80 bits per heavy atom. The van der Waals surface area contributed by atoms with Gasteiger partial charge < -0.3 is 10.5 Å². The number of carbonyl (C=O) groups is 1. The molecule has 0 atom stereocenters. The second kappa shape index (κ2) is 2.13. The maximum Gasteiger partial charge on any atom is 0.254 e. The molecule has 1 amide bonds. The molecule has 0 fully saturated rings. The minimum absolute atomic E-state index is 0.106. The summed E-state index contributed by atoms with van der Waals surface area (Å²) in [5, 5.41) is 7.09. The zero-order valence-electron chi connectivity index (χ0n) is 5.60. The van der Waals surface area contributed by atoms with Gasteiger partial charge in [0.15, 0.2) is 0 Å². The number of amides is 1. The fraction of sp³-hybridized carbons (Fsp3) is 0.333. The summed E-state index contributed by atoms with van der Waals surface area (Å²) in [5.74, 6) is -0.690. The molecule has 4 nitrogen and oxygen atoms in total. The van der Waals surface area contributed by atoms with E-state index in [1.807, 2.05) is 0 Å². The first-order valence-electron chi connectivity index (χ1n) is 2.84. The van der Waals surface area contributed by atoms with E-state index in [9.17, 15) is 4.79 Å². The van der Waals surface area contributed by atoms with Crippen molar-refractivity contribution in [3.63, 3.8) is 0 Å². The number of hydrogen-bond donors (Lipinski definition) is 2. The van der Waals surface area contributed by atoms with Gasteiger partial charge in [-0.2, -0.15) is 0 Å². The van der Waals surface area contributed by atoms with Crippen LogP contribution in [0.5, 0.6) is 0 Å². The number of primary amides is 1. The molecule has 0 aromatic carbocycles. The van der Waals surface area contributed by atoms with E-state index in [1.54, 1.807) is 6.92 Å². The second-order valence-corrected chi connectivity index (χ2v) is 2.14. The predicted molar refractivity (Wildman–Crippen MR) is 35.6 cm³/mol. The lowest BCUT2D eigenvalue weighted by Crippen LogP contribution is -2.18. The molecule has 1 heterocycles. The molecule has 0 saturated carbocycles. The highest BCUT2D eigenvalue weighted by Crippen LogP contribution is 2.14. The maximum atomic E-state index is 10.6. The number of ether oxygens (including phenoxy) is 1. The molecule has 3 N–H and O–H groups in total. The van der Waals surface area contributed by atoms with Crippen molar-refractivity contribution < 1.29 is 9.53 Å². The molecule has 0 unspecified atom stereocenters. The standard InChI is InChI=1S/C6H8N2O2/c1-3-2-10-6(8)4(3)5(7)9/h8H,2H2,1H3,(H2,7,9). The summed E-state index contributed by atoms with van der Waals surface area (Å²) in [6, 6.07) is 0.